The number of pyridine rings is 1. The molecule has 0 fully saturated rings. The van der Waals surface area contributed by atoms with Gasteiger partial charge in [-0.05, 0) is 56.4 Å². The number of hydrogen-bond acceptors (Lipinski definition) is 5. The van der Waals surface area contributed by atoms with E-state index in [-0.39, 0.29) is 11.2 Å². The lowest BCUT2D eigenvalue weighted by atomic mass is 9.95. The van der Waals surface area contributed by atoms with Crippen LogP contribution < -0.4 is 10.1 Å². The average Bonchev–Trinajstić information content (AvgIpc) is 2.67. The molecule has 5 nitrogen and oxygen atoms in total. The number of nitrogens with one attached hydrogen (secondary N) is 1. The van der Waals surface area contributed by atoms with Gasteiger partial charge in [0.25, 0.3) is 0 Å². The Morgan fingerprint density at radius 2 is 2.15 bits per heavy atom. The molecule has 2 aromatic rings. The molecule has 1 aromatic heterocycles. The van der Waals surface area contributed by atoms with Crippen molar-refractivity contribution in [1.82, 2.24) is 4.98 Å². The van der Waals surface area contributed by atoms with E-state index in [4.69, 9.17) is 4.74 Å². The third-order valence-electron chi connectivity index (χ3n) is 4.38. The van der Waals surface area contributed by atoms with Gasteiger partial charge in [-0.15, -0.1) is 0 Å². The molecular formula is C20H21N3O2S. The average molecular weight is 367 g/mol. The number of carbonyl (C=O) groups is 1. The fourth-order valence-corrected chi connectivity index (χ4v) is 3.85. The molecule has 1 aromatic carbocycles. The topological polar surface area (TPSA) is 75.0 Å². The number of carbonyl (C=O) groups excluding carboxylic acids is 1. The number of rotatable bonds is 5. The van der Waals surface area contributed by atoms with Gasteiger partial charge in [0.15, 0.2) is 0 Å². The third kappa shape index (κ3) is 4.17. The van der Waals surface area contributed by atoms with Crippen molar-refractivity contribution >= 4 is 23.4 Å². The minimum atomic E-state index is -0.373. The van der Waals surface area contributed by atoms with Crippen LogP contribution in [0, 0.1) is 11.3 Å². The smallest absolute Gasteiger partial charge is 0.237 e. The number of nitrogens with zero attached hydrogens (tertiary/aromatic N) is 2. The third-order valence-corrected chi connectivity index (χ3v) is 5.48. The Morgan fingerprint density at radius 3 is 2.92 bits per heavy atom. The van der Waals surface area contributed by atoms with Crippen molar-refractivity contribution in [2.45, 2.75) is 42.9 Å². The summed E-state index contributed by atoms with van der Waals surface area (Å²) in [5.74, 6) is 0.554. The number of nitriles is 1. The van der Waals surface area contributed by atoms with Crippen LogP contribution in [0.15, 0.2) is 35.4 Å². The standard InChI is InChI=1S/C20H21N3O2S/c1-13(19(24)22-16-7-5-8-17(11-16)25-2)26-20-15(12-21)10-14-6-3-4-9-18(14)23-20/h5,7-8,10-11,13H,3-4,6,9H2,1-2H3,(H,22,24). The van der Waals surface area contributed by atoms with Crippen molar-refractivity contribution in [1.29, 1.82) is 5.26 Å². The first kappa shape index (κ1) is 18.3. The minimum Gasteiger partial charge on any atom is -0.497 e. The van der Waals surface area contributed by atoms with Gasteiger partial charge in [-0.2, -0.15) is 5.26 Å². The van der Waals surface area contributed by atoms with E-state index in [0.717, 1.165) is 31.4 Å². The van der Waals surface area contributed by atoms with Crippen molar-refractivity contribution in [3.05, 3.63) is 47.2 Å². The molecule has 1 unspecified atom stereocenters. The molecule has 1 N–H and O–H groups in total. The lowest BCUT2D eigenvalue weighted by Gasteiger charge is -2.18. The summed E-state index contributed by atoms with van der Waals surface area (Å²) in [5, 5.41) is 12.6. The molecule has 3 rings (SSSR count). The fraction of sp³-hybridized carbons (Fsp3) is 0.350. The van der Waals surface area contributed by atoms with Crippen LogP contribution in [-0.4, -0.2) is 23.3 Å². The molecule has 1 atom stereocenters. The highest BCUT2D eigenvalue weighted by atomic mass is 32.2. The van der Waals surface area contributed by atoms with Crippen LogP contribution in [0.4, 0.5) is 5.69 Å². The largest absolute Gasteiger partial charge is 0.497 e. The van der Waals surface area contributed by atoms with Crippen molar-refractivity contribution < 1.29 is 9.53 Å². The zero-order chi connectivity index (χ0) is 18.5. The number of anilines is 1. The Balaban J connectivity index is 1.73. The second kappa shape index (κ2) is 8.24. The number of benzene rings is 1. The van der Waals surface area contributed by atoms with E-state index in [1.807, 2.05) is 31.2 Å². The lowest BCUT2D eigenvalue weighted by molar-refractivity contribution is -0.115. The first-order valence-corrected chi connectivity index (χ1v) is 9.53. The quantitative estimate of drug-likeness (QED) is 0.810. The predicted octanol–water partition coefficient (Wildman–Crippen LogP) is 3.96. The van der Waals surface area contributed by atoms with Gasteiger partial charge in [-0.25, -0.2) is 4.98 Å². The van der Waals surface area contributed by atoms with Crippen molar-refractivity contribution in [2.24, 2.45) is 0 Å². The van der Waals surface area contributed by atoms with Gasteiger partial charge in [-0.1, -0.05) is 17.8 Å². The highest BCUT2D eigenvalue weighted by Gasteiger charge is 2.20. The number of amides is 1. The number of aryl methyl sites for hydroxylation is 2. The molecule has 0 bridgehead atoms. The Labute approximate surface area is 157 Å². The Bertz CT molecular complexity index is 861. The maximum atomic E-state index is 12.5. The van der Waals surface area contributed by atoms with E-state index in [1.165, 1.54) is 17.3 Å². The number of aromatic nitrogens is 1. The van der Waals surface area contributed by atoms with Crippen LogP contribution in [0.3, 0.4) is 0 Å². The predicted molar refractivity (Wildman–Crippen MR) is 103 cm³/mol. The molecule has 6 heteroatoms. The first-order chi connectivity index (χ1) is 12.6. The summed E-state index contributed by atoms with van der Waals surface area (Å²) < 4.78 is 5.17. The van der Waals surface area contributed by atoms with Gasteiger partial charge in [0.1, 0.15) is 16.8 Å². The SMILES string of the molecule is COc1cccc(NC(=O)C(C)Sc2nc3c(cc2C#N)CCCC3)c1. The molecule has 0 aliphatic heterocycles. The Hall–Kier alpha value is -2.52. The summed E-state index contributed by atoms with van der Waals surface area (Å²) in [7, 11) is 1.59. The number of thioether (sulfide) groups is 1. The lowest BCUT2D eigenvalue weighted by Crippen LogP contribution is -2.22. The molecule has 1 amide bonds. The summed E-state index contributed by atoms with van der Waals surface area (Å²) in [6.07, 6.45) is 4.19. The first-order valence-electron chi connectivity index (χ1n) is 8.65. The molecule has 0 radical (unpaired) electrons. The van der Waals surface area contributed by atoms with Crippen LogP contribution in [0.5, 0.6) is 5.75 Å². The van der Waals surface area contributed by atoms with Crippen LogP contribution in [0.2, 0.25) is 0 Å². The van der Waals surface area contributed by atoms with Gasteiger partial charge in [0.05, 0.1) is 17.9 Å². The molecular weight excluding hydrogens is 346 g/mol. The molecule has 0 saturated heterocycles. The van der Waals surface area contributed by atoms with Gasteiger partial charge < -0.3 is 10.1 Å². The van der Waals surface area contributed by atoms with Crippen LogP contribution in [-0.2, 0) is 17.6 Å². The maximum Gasteiger partial charge on any atom is 0.237 e. The monoisotopic (exact) mass is 367 g/mol. The van der Waals surface area contributed by atoms with E-state index in [0.29, 0.717) is 22.0 Å². The van der Waals surface area contributed by atoms with Gasteiger partial charge in [0.2, 0.25) is 5.91 Å². The normalized spacial score (nSPS) is 14.0. The highest BCUT2D eigenvalue weighted by Crippen LogP contribution is 2.30. The Morgan fingerprint density at radius 1 is 1.35 bits per heavy atom. The van der Waals surface area contributed by atoms with E-state index >= 15 is 0 Å². The zero-order valence-electron chi connectivity index (χ0n) is 14.9. The van der Waals surface area contributed by atoms with Crippen molar-refractivity contribution in [2.75, 3.05) is 12.4 Å². The zero-order valence-corrected chi connectivity index (χ0v) is 15.7. The van der Waals surface area contributed by atoms with Gasteiger partial charge in [0, 0.05) is 17.4 Å². The second-order valence-electron chi connectivity index (χ2n) is 6.25. The van der Waals surface area contributed by atoms with Gasteiger partial charge >= 0.3 is 0 Å². The molecule has 1 heterocycles. The highest BCUT2D eigenvalue weighted by molar-refractivity contribution is 8.00. The van der Waals surface area contributed by atoms with E-state index < -0.39 is 0 Å². The molecule has 1 aliphatic rings. The van der Waals surface area contributed by atoms with Gasteiger partial charge in [-0.3, -0.25) is 4.79 Å². The number of hydrogen-bond donors (Lipinski definition) is 1. The van der Waals surface area contributed by atoms with Crippen molar-refractivity contribution in [3.8, 4) is 11.8 Å². The van der Waals surface area contributed by atoms with Crippen LogP contribution >= 0.6 is 11.8 Å². The van der Waals surface area contributed by atoms with Crippen LogP contribution in [0.1, 0.15) is 36.6 Å². The maximum absolute atomic E-state index is 12.5. The van der Waals surface area contributed by atoms with Crippen molar-refractivity contribution in [3.63, 3.8) is 0 Å². The molecule has 1 aliphatic carbocycles. The molecule has 0 saturated carbocycles. The van der Waals surface area contributed by atoms with E-state index in [1.54, 1.807) is 13.2 Å². The molecule has 134 valence electrons. The summed E-state index contributed by atoms with van der Waals surface area (Å²) in [6.45, 7) is 1.82. The molecule has 0 spiro atoms. The minimum absolute atomic E-state index is 0.133. The molecule has 26 heavy (non-hydrogen) atoms. The Kier molecular flexibility index (Phi) is 5.79. The summed E-state index contributed by atoms with van der Waals surface area (Å²) >= 11 is 1.33. The van der Waals surface area contributed by atoms with Crippen LogP contribution in [0.25, 0.3) is 0 Å². The summed E-state index contributed by atoms with van der Waals surface area (Å²) in [4.78, 5) is 17.2. The fourth-order valence-electron chi connectivity index (χ4n) is 2.95. The number of fused-ring (bicyclic) bond motifs is 1. The van der Waals surface area contributed by atoms with E-state index in [2.05, 4.69) is 16.4 Å². The van der Waals surface area contributed by atoms with E-state index in [9.17, 15) is 10.1 Å². The summed E-state index contributed by atoms with van der Waals surface area (Å²) in [6, 6.07) is 11.4. The summed E-state index contributed by atoms with van der Waals surface area (Å²) in [5.41, 5.74) is 3.47. The second-order valence-corrected chi connectivity index (χ2v) is 7.58. The number of ether oxygens (including phenoxy) is 1. The number of methoxy groups -OCH3 is 1.